The van der Waals surface area contributed by atoms with Gasteiger partial charge in [0.1, 0.15) is 0 Å². The van der Waals surface area contributed by atoms with Crippen LogP contribution in [0.1, 0.15) is 45.5 Å². The molecule has 1 aliphatic heterocycles. The van der Waals surface area contributed by atoms with Crippen LogP contribution in [-0.4, -0.2) is 31.4 Å². The Bertz CT molecular complexity index is 522. The van der Waals surface area contributed by atoms with E-state index in [0.717, 1.165) is 19.5 Å². The standard InChI is InChI=1S/C16H23N3O2/c1-11-13(15(17)20)3-2-4-14(11)16(21)19-10-7-12-5-8-18-9-6-12/h2-4,12,18H,5-10H2,1H3,(H2,17,20)(H,19,21). The second-order valence-corrected chi connectivity index (χ2v) is 5.58. The summed E-state index contributed by atoms with van der Waals surface area (Å²) in [6.45, 7) is 4.56. The average molecular weight is 289 g/mol. The molecule has 0 aromatic heterocycles. The van der Waals surface area contributed by atoms with Crippen LogP contribution in [0.5, 0.6) is 0 Å². The molecule has 1 heterocycles. The summed E-state index contributed by atoms with van der Waals surface area (Å²) in [4.78, 5) is 23.5. The van der Waals surface area contributed by atoms with E-state index in [4.69, 9.17) is 5.73 Å². The first kappa shape index (κ1) is 15.5. The molecule has 0 unspecified atom stereocenters. The highest BCUT2D eigenvalue weighted by Crippen LogP contribution is 2.16. The molecule has 1 fully saturated rings. The van der Waals surface area contributed by atoms with E-state index in [2.05, 4.69) is 10.6 Å². The van der Waals surface area contributed by atoms with Gasteiger partial charge >= 0.3 is 0 Å². The monoisotopic (exact) mass is 289 g/mol. The Hall–Kier alpha value is -1.88. The molecule has 2 amide bonds. The number of rotatable bonds is 5. The van der Waals surface area contributed by atoms with Gasteiger partial charge in [-0.05, 0) is 62.9 Å². The summed E-state index contributed by atoms with van der Waals surface area (Å²) in [5.41, 5.74) is 6.88. The Morgan fingerprint density at radius 3 is 2.62 bits per heavy atom. The molecule has 1 aliphatic rings. The molecule has 0 bridgehead atoms. The first-order valence-electron chi connectivity index (χ1n) is 7.48. The number of nitrogens with two attached hydrogens (primary N) is 1. The fraction of sp³-hybridized carbons (Fsp3) is 0.500. The predicted molar refractivity (Wildman–Crippen MR) is 82.2 cm³/mol. The number of carbonyl (C=O) groups is 2. The van der Waals surface area contributed by atoms with E-state index in [0.29, 0.717) is 29.2 Å². The van der Waals surface area contributed by atoms with Gasteiger partial charge in [-0.15, -0.1) is 0 Å². The maximum Gasteiger partial charge on any atom is 0.251 e. The quantitative estimate of drug-likeness (QED) is 0.762. The van der Waals surface area contributed by atoms with Crippen LogP contribution < -0.4 is 16.4 Å². The maximum absolute atomic E-state index is 12.2. The van der Waals surface area contributed by atoms with E-state index >= 15 is 0 Å². The topological polar surface area (TPSA) is 84.2 Å². The van der Waals surface area contributed by atoms with Crippen molar-refractivity contribution in [2.75, 3.05) is 19.6 Å². The first-order chi connectivity index (χ1) is 10.1. The van der Waals surface area contributed by atoms with Crippen molar-refractivity contribution in [3.8, 4) is 0 Å². The van der Waals surface area contributed by atoms with Gasteiger partial charge in [-0.1, -0.05) is 6.07 Å². The lowest BCUT2D eigenvalue weighted by Crippen LogP contribution is -2.31. The lowest BCUT2D eigenvalue weighted by atomic mass is 9.94. The number of hydrogen-bond acceptors (Lipinski definition) is 3. The van der Waals surface area contributed by atoms with Gasteiger partial charge in [0.2, 0.25) is 5.91 Å². The molecule has 0 spiro atoms. The molecule has 5 nitrogen and oxygen atoms in total. The van der Waals surface area contributed by atoms with Gasteiger partial charge in [0.05, 0.1) is 0 Å². The fourth-order valence-corrected chi connectivity index (χ4v) is 2.80. The highest BCUT2D eigenvalue weighted by Gasteiger charge is 2.16. The molecule has 1 aromatic rings. The number of nitrogens with one attached hydrogen (secondary N) is 2. The summed E-state index contributed by atoms with van der Waals surface area (Å²) in [6, 6.07) is 5.06. The van der Waals surface area contributed by atoms with E-state index in [-0.39, 0.29) is 5.91 Å². The highest BCUT2D eigenvalue weighted by atomic mass is 16.2. The van der Waals surface area contributed by atoms with E-state index < -0.39 is 5.91 Å². The second-order valence-electron chi connectivity index (χ2n) is 5.58. The van der Waals surface area contributed by atoms with Gasteiger partial charge in [-0.25, -0.2) is 0 Å². The van der Waals surface area contributed by atoms with Crippen LogP contribution in [0.25, 0.3) is 0 Å². The van der Waals surface area contributed by atoms with E-state index in [1.165, 1.54) is 12.8 Å². The minimum Gasteiger partial charge on any atom is -0.366 e. The summed E-state index contributed by atoms with van der Waals surface area (Å²) in [5, 5.41) is 6.27. The summed E-state index contributed by atoms with van der Waals surface area (Å²) in [7, 11) is 0. The predicted octanol–water partition coefficient (Wildman–Crippen LogP) is 1.21. The molecule has 21 heavy (non-hydrogen) atoms. The number of hydrogen-bond donors (Lipinski definition) is 3. The van der Waals surface area contributed by atoms with Crippen LogP contribution in [0.3, 0.4) is 0 Å². The van der Waals surface area contributed by atoms with Crippen molar-refractivity contribution < 1.29 is 9.59 Å². The molecule has 2 rings (SSSR count). The van der Waals surface area contributed by atoms with Gasteiger partial charge in [0, 0.05) is 17.7 Å². The molecule has 0 radical (unpaired) electrons. The van der Waals surface area contributed by atoms with Crippen LogP contribution in [0.2, 0.25) is 0 Å². The Kier molecular flexibility index (Phi) is 5.33. The largest absolute Gasteiger partial charge is 0.366 e. The van der Waals surface area contributed by atoms with Gasteiger partial charge in [-0.2, -0.15) is 0 Å². The molecule has 0 aliphatic carbocycles. The van der Waals surface area contributed by atoms with Crippen molar-refractivity contribution >= 4 is 11.8 Å². The number of primary amides is 1. The Balaban J connectivity index is 1.91. The van der Waals surface area contributed by atoms with Crippen LogP contribution in [0.4, 0.5) is 0 Å². The van der Waals surface area contributed by atoms with E-state index in [1.807, 2.05) is 0 Å². The van der Waals surface area contributed by atoms with E-state index in [9.17, 15) is 9.59 Å². The summed E-state index contributed by atoms with van der Waals surface area (Å²) < 4.78 is 0. The van der Waals surface area contributed by atoms with Gasteiger partial charge in [0.15, 0.2) is 0 Å². The van der Waals surface area contributed by atoms with Crippen LogP contribution in [0.15, 0.2) is 18.2 Å². The van der Waals surface area contributed by atoms with Crippen LogP contribution in [-0.2, 0) is 0 Å². The van der Waals surface area contributed by atoms with Crippen molar-refractivity contribution in [1.82, 2.24) is 10.6 Å². The van der Waals surface area contributed by atoms with Crippen LogP contribution >= 0.6 is 0 Å². The van der Waals surface area contributed by atoms with Crippen molar-refractivity contribution in [1.29, 1.82) is 0 Å². The smallest absolute Gasteiger partial charge is 0.251 e. The third kappa shape index (κ3) is 4.04. The van der Waals surface area contributed by atoms with E-state index in [1.54, 1.807) is 25.1 Å². The van der Waals surface area contributed by atoms with Gasteiger partial charge < -0.3 is 16.4 Å². The van der Waals surface area contributed by atoms with Crippen molar-refractivity contribution in [3.05, 3.63) is 34.9 Å². The molecular formula is C16H23N3O2. The number of amides is 2. The molecular weight excluding hydrogens is 266 g/mol. The Morgan fingerprint density at radius 1 is 1.29 bits per heavy atom. The Labute approximate surface area is 125 Å². The summed E-state index contributed by atoms with van der Waals surface area (Å²) >= 11 is 0. The minimum absolute atomic E-state index is 0.135. The zero-order chi connectivity index (χ0) is 15.2. The van der Waals surface area contributed by atoms with Gasteiger partial charge in [-0.3, -0.25) is 9.59 Å². The number of carbonyl (C=O) groups excluding carboxylic acids is 2. The molecule has 0 atom stereocenters. The highest BCUT2D eigenvalue weighted by molar-refractivity contribution is 6.01. The third-order valence-corrected chi connectivity index (χ3v) is 4.14. The maximum atomic E-state index is 12.2. The van der Waals surface area contributed by atoms with Crippen LogP contribution in [0, 0.1) is 12.8 Å². The lowest BCUT2D eigenvalue weighted by molar-refractivity contribution is 0.0950. The summed E-state index contributed by atoms with van der Waals surface area (Å²) in [5.74, 6) is 0.0472. The molecule has 4 N–H and O–H groups in total. The lowest BCUT2D eigenvalue weighted by Gasteiger charge is -2.22. The summed E-state index contributed by atoms with van der Waals surface area (Å²) in [6.07, 6.45) is 3.35. The fourth-order valence-electron chi connectivity index (χ4n) is 2.80. The van der Waals surface area contributed by atoms with Gasteiger partial charge in [0.25, 0.3) is 5.91 Å². The third-order valence-electron chi connectivity index (χ3n) is 4.14. The molecule has 1 saturated heterocycles. The SMILES string of the molecule is Cc1c(C(N)=O)cccc1C(=O)NCCC1CCNCC1. The zero-order valence-corrected chi connectivity index (χ0v) is 12.4. The molecule has 5 heteroatoms. The second kappa shape index (κ2) is 7.22. The minimum atomic E-state index is -0.503. The first-order valence-corrected chi connectivity index (χ1v) is 7.48. The molecule has 1 aromatic carbocycles. The normalized spacial score (nSPS) is 15.7. The molecule has 114 valence electrons. The van der Waals surface area contributed by atoms with Crippen molar-refractivity contribution in [2.45, 2.75) is 26.2 Å². The molecule has 0 saturated carbocycles. The zero-order valence-electron chi connectivity index (χ0n) is 12.4. The average Bonchev–Trinajstić information content (AvgIpc) is 2.48. The van der Waals surface area contributed by atoms with Crippen molar-refractivity contribution in [3.63, 3.8) is 0 Å². The number of benzene rings is 1. The van der Waals surface area contributed by atoms with Crippen molar-refractivity contribution in [2.24, 2.45) is 11.7 Å². The Morgan fingerprint density at radius 2 is 1.95 bits per heavy atom. The number of piperidine rings is 1.